The second-order valence-corrected chi connectivity index (χ2v) is 8.23. The van der Waals surface area contributed by atoms with Crippen LogP contribution < -0.4 is 10.2 Å². The van der Waals surface area contributed by atoms with Crippen molar-refractivity contribution in [2.45, 2.75) is 13.3 Å². The van der Waals surface area contributed by atoms with E-state index in [4.69, 9.17) is 4.37 Å². The van der Waals surface area contributed by atoms with Gasteiger partial charge in [-0.15, -0.1) is 0 Å². The molecule has 1 saturated heterocycles. The Morgan fingerprint density at radius 3 is 2.76 bits per heavy atom. The number of benzene rings is 2. The summed E-state index contributed by atoms with van der Waals surface area (Å²) in [5.41, 5.74) is 3.23. The summed E-state index contributed by atoms with van der Waals surface area (Å²) in [6, 6.07) is 14.7. The van der Waals surface area contributed by atoms with Gasteiger partial charge in [-0.25, -0.2) is 0 Å². The average molecular weight is 407 g/mol. The first kappa shape index (κ1) is 19.6. The van der Waals surface area contributed by atoms with Crippen molar-refractivity contribution in [1.29, 1.82) is 0 Å². The van der Waals surface area contributed by atoms with Gasteiger partial charge in [0.25, 0.3) is 0 Å². The largest absolute Gasteiger partial charge is 0.353 e. The molecular weight excluding hydrogens is 380 g/mol. The van der Waals surface area contributed by atoms with E-state index in [0.29, 0.717) is 0 Å². The van der Waals surface area contributed by atoms with E-state index in [1.54, 1.807) is 11.5 Å². The van der Waals surface area contributed by atoms with E-state index >= 15 is 0 Å². The molecule has 2 aromatic carbocycles. The SMILES string of the molecule is C=CC(=O)Nc1ccc(CCN2CCN(c3nsc4ccccc34)CC2)cc1C. The van der Waals surface area contributed by atoms with Crippen LogP contribution >= 0.6 is 11.5 Å². The molecule has 0 unspecified atom stereocenters. The normalized spacial score (nSPS) is 14.9. The fraction of sp³-hybridized carbons (Fsp3) is 0.304. The molecule has 1 aromatic heterocycles. The van der Waals surface area contributed by atoms with Crippen molar-refractivity contribution >= 4 is 39.0 Å². The molecule has 0 radical (unpaired) electrons. The summed E-state index contributed by atoms with van der Waals surface area (Å²) in [6.07, 6.45) is 2.30. The molecule has 2 heterocycles. The third kappa shape index (κ3) is 4.49. The molecular formula is C23H26N4OS. The zero-order valence-electron chi connectivity index (χ0n) is 16.7. The number of nitrogens with zero attached hydrogens (tertiary/aromatic N) is 3. The topological polar surface area (TPSA) is 48.5 Å². The highest BCUT2D eigenvalue weighted by atomic mass is 32.1. The third-order valence-electron chi connectivity index (χ3n) is 5.48. The van der Waals surface area contributed by atoms with E-state index in [1.807, 2.05) is 13.0 Å². The number of anilines is 2. The van der Waals surface area contributed by atoms with Crippen LogP contribution in [0, 0.1) is 6.92 Å². The van der Waals surface area contributed by atoms with Gasteiger partial charge in [0.1, 0.15) is 5.82 Å². The molecule has 0 bridgehead atoms. The van der Waals surface area contributed by atoms with Gasteiger partial charge in [-0.05, 0) is 60.3 Å². The zero-order chi connectivity index (χ0) is 20.2. The second kappa shape index (κ2) is 8.76. The number of aromatic nitrogens is 1. The summed E-state index contributed by atoms with van der Waals surface area (Å²) in [4.78, 5) is 16.4. The van der Waals surface area contributed by atoms with Crippen molar-refractivity contribution in [1.82, 2.24) is 9.27 Å². The summed E-state index contributed by atoms with van der Waals surface area (Å²) in [5, 5.41) is 4.11. The van der Waals surface area contributed by atoms with Gasteiger partial charge < -0.3 is 10.2 Å². The van der Waals surface area contributed by atoms with Crippen LogP contribution in [0.15, 0.2) is 55.1 Å². The number of nitrogens with one attached hydrogen (secondary N) is 1. The standard InChI is InChI=1S/C23H26N4OS/c1-3-22(28)24-20-9-8-18(16-17(20)2)10-11-26-12-14-27(15-13-26)23-19-6-4-5-7-21(19)29-25-23/h3-9,16H,1,10-15H2,2H3,(H,24,28). The Kier molecular flexibility index (Phi) is 5.92. The molecule has 29 heavy (non-hydrogen) atoms. The summed E-state index contributed by atoms with van der Waals surface area (Å²) in [7, 11) is 0. The first-order chi connectivity index (χ1) is 14.1. The average Bonchev–Trinajstić information content (AvgIpc) is 3.18. The van der Waals surface area contributed by atoms with Crippen LogP contribution in [0.2, 0.25) is 0 Å². The molecule has 0 atom stereocenters. The van der Waals surface area contributed by atoms with Gasteiger partial charge in [-0.3, -0.25) is 9.69 Å². The smallest absolute Gasteiger partial charge is 0.247 e. The summed E-state index contributed by atoms with van der Waals surface area (Å²) in [5.74, 6) is 0.963. The number of carbonyl (C=O) groups is 1. The molecule has 1 amide bonds. The van der Waals surface area contributed by atoms with Gasteiger partial charge in [-0.1, -0.05) is 30.8 Å². The number of hydrogen-bond acceptors (Lipinski definition) is 5. The first-order valence-electron chi connectivity index (χ1n) is 9.99. The molecule has 4 rings (SSSR count). The Bertz CT molecular complexity index is 1020. The predicted octanol–water partition coefficient (Wildman–Crippen LogP) is 4.09. The lowest BCUT2D eigenvalue weighted by molar-refractivity contribution is -0.111. The first-order valence-corrected chi connectivity index (χ1v) is 10.8. The third-order valence-corrected chi connectivity index (χ3v) is 6.30. The summed E-state index contributed by atoms with van der Waals surface area (Å²) < 4.78 is 5.95. The Morgan fingerprint density at radius 1 is 1.21 bits per heavy atom. The van der Waals surface area contributed by atoms with E-state index in [2.05, 4.69) is 58.1 Å². The van der Waals surface area contributed by atoms with Gasteiger partial charge in [0.15, 0.2) is 0 Å². The highest BCUT2D eigenvalue weighted by molar-refractivity contribution is 7.13. The van der Waals surface area contributed by atoms with Crippen molar-refractivity contribution in [3.8, 4) is 0 Å². The molecule has 0 aliphatic carbocycles. The molecule has 1 N–H and O–H groups in total. The summed E-state index contributed by atoms with van der Waals surface area (Å²) >= 11 is 1.59. The van der Waals surface area contributed by atoms with Crippen molar-refractivity contribution in [2.75, 3.05) is 42.9 Å². The minimum Gasteiger partial charge on any atom is -0.353 e. The van der Waals surface area contributed by atoms with Crippen LogP contribution in [0.25, 0.3) is 10.1 Å². The van der Waals surface area contributed by atoms with Crippen LogP contribution in [0.3, 0.4) is 0 Å². The highest BCUT2D eigenvalue weighted by Crippen LogP contribution is 2.29. The van der Waals surface area contributed by atoms with Crippen LogP contribution in [-0.2, 0) is 11.2 Å². The molecule has 150 valence electrons. The minimum absolute atomic E-state index is 0.174. The van der Waals surface area contributed by atoms with Gasteiger partial charge in [0.05, 0.1) is 4.70 Å². The maximum Gasteiger partial charge on any atom is 0.247 e. The van der Waals surface area contributed by atoms with Gasteiger partial charge in [0, 0.05) is 43.8 Å². The molecule has 6 heteroatoms. The van der Waals surface area contributed by atoms with Gasteiger partial charge >= 0.3 is 0 Å². The lowest BCUT2D eigenvalue weighted by Gasteiger charge is -2.35. The number of piperazine rings is 1. The fourth-order valence-corrected chi connectivity index (χ4v) is 4.57. The van der Waals surface area contributed by atoms with Crippen molar-refractivity contribution in [3.05, 3.63) is 66.2 Å². The molecule has 0 spiro atoms. The van der Waals surface area contributed by atoms with Gasteiger partial charge in [-0.2, -0.15) is 4.37 Å². The number of amides is 1. The number of carbonyl (C=O) groups excluding carboxylic acids is 1. The maximum absolute atomic E-state index is 11.5. The summed E-state index contributed by atoms with van der Waals surface area (Å²) in [6.45, 7) is 10.7. The Balaban J connectivity index is 1.30. The van der Waals surface area contributed by atoms with Crippen molar-refractivity contribution in [2.24, 2.45) is 0 Å². The molecule has 3 aromatic rings. The fourth-order valence-electron chi connectivity index (χ4n) is 3.78. The van der Waals surface area contributed by atoms with Gasteiger partial charge in [0.2, 0.25) is 5.91 Å². The maximum atomic E-state index is 11.5. The quantitative estimate of drug-likeness (QED) is 0.627. The number of aryl methyl sites for hydroxylation is 1. The highest BCUT2D eigenvalue weighted by Gasteiger charge is 2.20. The minimum atomic E-state index is -0.174. The lowest BCUT2D eigenvalue weighted by Crippen LogP contribution is -2.47. The number of fused-ring (bicyclic) bond motifs is 1. The van der Waals surface area contributed by atoms with E-state index in [0.717, 1.165) is 56.2 Å². The predicted molar refractivity (Wildman–Crippen MR) is 122 cm³/mol. The number of hydrogen-bond donors (Lipinski definition) is 1. The van der Waals surface area contributed by atoms with Crippen molar-refractivity contribution in [3.63, 3.8) is 0 Å². The Labute approximate surface area is 175 Å². The monoisotopic (exact) mass is 406 g/mol. The van der Waals surface area contributed by atoms with E-state index < -0.39 is 0 Å². The van der Waals surface area contributed by atoms with Crippen LogP contribution in [0.1, 0.15) is 11.1 Å². The zero-order valence-corrected chi connectivity index (χ0v) is 17.5. The van der Waals surface area contributed by atoms with Crippen LogP contribution in [0.5, 0.6) is 0 Å². The van der Waals surface area contributed by atoms with Crippen LogP contribution in [-0.4, -0.2) is 47.9 Å². The Morgan fingerprint density at radius 2 is 2.00 bits per heavy atom. The molecule has 1 fully saturated rings. The number of rotatable bonds is 6. The van der Waals surface area contributed by atoms with E-state index in [-0.39, 0.29) is 5.91 Å². The molecule has 1 aliphatic heterocycles. The van der Waals surface area contributed by atoms with Crippen LogP contribution in [0.4, 0.5) is 11.5 Å². The van der Waals surface area contributed by atoms with E-state index in [1.165, 1.54) is 21.7 Å². The Hall–Kier alpha value is -2.70. The second-order valence-electron chi connectivity index (χ2n) is 7.42. The molecule has 5 nitrogen and oxygen atoms in total. The van der Waals surface area contributed by atoms with E-state index in [9.17, 15) is 4.79 Å². The van der Waals surface area contributed by atoms with Crippen molar-refractivity contribution < 1.29 is 4.79 Å². The lowest BCUT2D eigenvalue weighted by atomic mass is 10.1. The molecule has 1 aliphatic rings. The molecule has 0 saturated carbocycles.